The summed E-state index contributed by atoms with van der Waals surface area (Å²) in [4.78, 5) is 0. The summed E-state index contributed by atoms with van der Waals surface area (Å²) >= 11 is 0. The first-order valence-corrected chi connectivity index (χ1v) is 2.96. The molecule has 0 spiro atoms. The number of nitrogens with one attached hydrogen (secondary N) is 4. The molecule has 0 aromatic heterocycles. The number of hydrogen-bond donors (Lipinski definition) is 4. The molecule has 0 saturated carbocycles. The maximum absolute atomic E-state index is 2.96. The molecule has 0 aromatic rings. The van der Waals surface area contributed by atoms with Crippen molar-refractivity contribution < 1.29 is 0 Å². The number of hydrazine groups is 3. The molecule has 4 heteroatoms. The molecule has 4 N–H and O–H groups in total. The van der Waals surface area contributed by atoms with E-state index in [-0.39, 0.29) is 0 Å². The van der Waals surface area contributed by atoms with Gasteiger partial charge in [-0.25, -0.2) is 10.9 Å². The highest BCUT2D eigenvalue weighted by atomic mass is 15.7. The van der Waals surface area contributed by atoms with Crippen molar-refractivity contribution in [1.29, 1.82) is 0 Å². The van der Waals surface area contributed by atoms with E-state index < -0.39 is 0 Å². The first-order chi connectivity index (χ1) is 4.00. The molecule has 0 radical (unpaired) electrons. The van der Waals surface area contributed by atoms with Gasteiger partial charge in [-0.15, -0.1) is 0 Å². The Labute approximate surface area is 48.9 Å². The van der Waals surface area contributed by atoms with E-state index in [0.29, 0.717) is 0 Å². The second-order valence-electron chi connectivity index (χ2n) is 1.81. The lowest BCUT2D eigenvalue weighted by Crippen LogP contribution is -2.52. The molecule has 0 aliphatic carbocycles. The van der Waals surface area contributed by atoms with E-state index in [1.165, 1.54) is 12.8 Å². The molecular formula is C4H12N4. The van der Waals surface area contributed by atoms with Gasteiger partial charge in [-0.2, -0.15) is 11.1 Å². The van der Waals surface area contributed by atoms with Crippen LogP contribution in [0.15, 0.2) is 0 Å². The normalized spacial score (nSPS) is 24.0. The first kappa shape index (κ1) is 5.97. The first-order valence-electron chi connectivity index (χ1n) is 2.96. The zero-order chi connectivity index (χ0) is 5.66. The highest BCUT2D eigenvalue weighted by Crippen LogP contribution is 1.82. The van der Waals surface area contributed by atoms with Crippen LogP contribution in [0.5, 0.6) is 0 Å². The van der Waals surface area contributed by atoms with Gasteiger partial charge in [-0.05, 0) is 12.8 Å². The second kappa shape index (κ2) is 3.80. The second-order valence-corrected chi connectivity index (χ2v) is 1.81. The fourth-order valence-electron chi connectivity index (χ4n) is 0.640. The smallest absolute Gasteiger partial charge is 0.0114 e. The monoisotopic (exact) mass is 116 g/mol. The van der Waals surface area contributed by atoms with Crippen LogP contribution in [0.4, 0.5) is 0 Å². The van der Waals surface area contributed by atoms with Crippen LogP contribution in [-0.2, 0) is 0 Å². The van der Waals surface area contributed by atoms with E-state index in [9.17, 15) is 0 Å². The summed E-state index contributed by atoms with van der Waals surface area (Å²) in [5, 5.41) is 0. The molecule has 0 bridgehead atoms. The molecule has 0 unspecified atom stereocenters. The van der Waals surface area contributed by atoms with Crippen molar-refractivity contribution in [3.05, 3.63) is 0 Å². The maximum Gasteiger partial charge on any atom is 0.0114 e. The summed E-state index contributed by atoms with van der Waals surface area (Å²) in [7, 11) is 0. The van der Waals surface area contributed by atoms with Crippen LogP contribution >= 0.6 is 0 Å². The van der Waals surface area contributed by atoms with E-state index in [4.69, 9.17) is 0 Å². The molecule has 1 fully saturated rings. The van der Waals surface area contributed by atoms with Gasteiger partial charge in [-0.1, -0.05) is 0 Å². The van der Waals surface area contributed by atoms with Gasteiger partial charge < -0.3 is 0 Å². The van der Waals surface area contributed by atoms with Gasteiger partial charge in [0.25, 0.3) is 0 Å². The van der Waals surface area contributed by atoms with E-state index >= 15 is 0 Å². The highest BCUT2D eigenvalue weighted by Gasteiger charge is 1.90. The van der Waals surface area contributed by atoms with Gasteiger partial charge >= 0.3 is 0 Å². The van der Waals surface area contributed by atoms with Crippen LogP contribution in [0.2, 0.25) is 0 Å². The standard InChI is InChI=1S/C4H12N4/c1-2-4-6-8-7-5-3-1/h5-8H,1-4H2. The largest absolute Gasteiger partial charge is 0.243 e. The predicted octanol–water partition coefficient (Wildman–Crippen LogP) is -1.12. The molecule has 48 valence electrons. The Kier molecular flexibility index (Phi) is 2.83. The molecule has 1 rings (SSSR count). The van der Waals surface area contributed by atoms with E-state index in [2.05, 4.69) is 21.9 Å². The zero-order valence-corrected chi connectivity index (χ0v) is 4.83. The summed E-state index contributed by atoms with van der Waals surface area (Å²) in [6, 6.07) is 0. The summed E-state index contributed by atoms with van der Waals surface area (Å²) in [5.74, 6) is 0. The van der Waals surface area contributed by atoms with Gasteiger partial charge in [0.05, 0.1) is 0 Å². The van der Waals surface area contributed by atoms with Gasteiger partial charge in [0.2, 0.25) is 0 Å². The van der Waals surface area contributed by atoms with Gasteiger partial charge in [0, 0.05) is 13.1 Å². The molecule has 0 amide bonds. The van der Waals surface area contributed by atoms with Crippen molar-refractivity contribution in [3.63, 3.8) is 0 Å². The zero-order valence-electron chi connectivity index (χ0n) is 4.83. The Morgan fingerprint density at radius 3 is 1.75 bits per heavy atom. The minimum Gasteiger partial charge on any atom is -0.243 e. The van der Waals surface area contributed by atoms with Crippen molar-refractivity contribution >= 4 is 0 Å². The van der Waals surface area contributed by atoms with Crippen molar-refractivity contribution in [2.45, 2.75) is 12.8 Å². The Balaban J connectivity index is 2.00. The number of hydrogen-bond acceptors (Lipinski definition) is 4. The number of rotatable bonds is 0. The third-order valence-electron chi connectivity index (χ3n) is 1.09. The van der Waals surface area contributed by atoms with E-state index in [1.807, 2.05) is 0 Å². The molecule has 0 aromatic carbocycles. The third-order valence-corrected chi connectivity index (χ3v) is 1.09. The van der Waals surface area contributed by atoms with Crippen molar-refractivity contribution in [2.24, 2.45) is 0 Å². The molecule has 8 heavy (non-hydrogen) atoms. The lowest BCUT2D eigenvalue weighted by Gasteiger charge is -2.12. The Bertz CT molecular complexity index is 32.0. The summed E-state index contributed by atoms with van der Waals surface area (Å²) in [6.45, 7) is 2.07. The van der Waals surface area contributed by atoms with Crippen LogP contribution in [0.1, 0.15) is 12.8 Å². The average Bonchev–Trinajstić information content (AvgIpc) is 1.62. The van der Waals surface area contributed by atoms with Crippen LogP contribution in [0, 0.1) is 0 Å². The Morgan fingerprint density at radius 2 is 1.25 bits per heavy atom. The topological polar surface area (TPSA) is 48.1 Å². The quantitative estimate of drug-likeness (QED) is 0.324. The fraction of sp³-hybridized carbons (Fsp3) is 1.00. The van der Waals surface area contributed by atoms with Gasteiger partial charge in [0.1, 0.15) is 0 Å². The fourth-order valence-corrected chi connectivity index (χ4v) is 0.640. The molecule has 0 atom stereocenters. The molecule has 4 nitrogen and oxygen atoms in total. The average molecular weight is 116 g/mol. The predicted molar refractivity (Wildman–Crippen MR) is 31.5 cm³/mol. The van der Waals surface area contributed by atoms with Crippen LogP contribution < -0.4 is 21.9 Å². The van der Waals surface area contributed by atoms with Gasteiger partial charge in [-0.3, -0.25) is 0 Å². The molecular weight excluding hydrogens is 104 g/mol. The summed E-state index contributed by atoms with van der Waals surface area (Å²) in [5.41, 5.74) is 11.5. The summed E-state index contributed by atoms with van der Waals surface area (Å²) in [6.07, 6.45) is 2.45. The summed E-state index contributed by atoms with van der Waals surface area (Å²) < 4.78 is 0. The lowest BCUT2D eigenvalue weighted by atomic mass is 10.3. The SMILES string of the molecule is C1CCNNNNC1. The highest BCUT2D eigenvalue weighted by molar-refractivity contribution is 4.46. The van der Waals surface area contributed by atoms with Gasteiger partial charge in [0.15, 0.2) is 0 Å². The minimum atomic E-state index is 1.04. The maximum atomic E-state index is 2.96. The van der Waals surface area contributed by atoms with E-state index in [0.717, 1.165) is 13.1 Å². The Hall–Kier alpha value is -0.160. The van der Waals surface area contributed by atoms with Crippen molar-refractivity contribution in [3.8, 4) is 0 Å². The van der Waals surface area contributed by atoms with Crippen LogP contribution in [0.25, 0.3) is 0 Å². The van der Waals surface area contributed by atoms with Crippen LogP contribution in [-0.4, -0.2) is 13.1 Å². The molecule has 1 aliphatic rings. The van der Waals surface area contributed by atoms with Crippen molar-refractivity contribution in [2.75, 3.05) is 13.1 Å². The van der Waals surface area contributed by atoms with E-state index in [1.54, 1.807) is 0 Å². The molecule has 1 saturated heterocycles. The lowest BCUT2D eigenvalue weighted by molar-refractivity contribution is 0.337. The Morgan fingerprint density at radius 1 is 0.750 bits per heavy atom. The minimum absolute atomic E-state index is 1.04. The van der Waals surface area contributed by atoms with Crippen LogP contribution in [0.3, 0.4) is 0 Å². The molecule has 1 aliphatic heterocycles. The van der Waals surface area contributed by atoms with Crippen molar-refractivity contribution in [1.82, 2.24) is 21.9 Å². The third kappa shape index (κ3) is 2.23. The molecule has 1 heterocycles.